The Bertz CT molecular complexity index is 2640. The van der Waals surface area contributed by atoms with Gasteiger partial charge in [0, 0.05) is 68.4 Å². The van der Waals surface area contributed by atoms with Gasteiger partial charge in [-0.3, -0.25) is 47.9 Å². The molecule has 0 spiro atoms. The number of rotatable bonds is 27. The number of para-hydroxylation sites is 1. The van der Waals surface area contributed by atoms with Crippen LogP contribution < -0.4 is 43.4 Å². The first-order valence-electron chi connectivity index (χ1n) is 27.6. The monoisotopic (exact) mass is 1100 g/mol. The Morgan fingerprint density at radius 2 is 1.27 bits per heavy atom. The number of H-pyrrole nitrogens is 2. The summed E-state index contributed by atoms with van der Waals surface area (Å²) < 4.78 is 0. The second kappa shape index (κ2) is 28.5. The lowest BCUT2D eigenvalue weighted by molar-refractivity contribution is -0.148. The molecule has 2 aromatic heterocycles. The summed E-state index contributed by atoms with van der Waals surface area (Å²) >= 11 is 0. The molecule has 25 heteroatoms. The predicted molar refractivity (Wildman–Crippen MR) is 289 cm³/mol. The Morgan fingerprint density at radius 3 is 1.87 bits per heavy atom. The van der Waals surface area contributed by atoms with Crippen LogP contribution in [0.25, 0.3) is 10.9 Å². The van der Waals surface area contributed by atoms with Gasteiger partial charge in [0.05, 0.1) is 12.9 Å². The lowest BCUT2D eigenvalue weighted by atomic mass is 9.99. The van der Waals surface area contributed by atoms with Crippen LogP contribution in [0, 0.1) is 11.8 Å². The Labute approximate surface area is 459 Å². The van der Waals surface area contributed by atoms with Crippen molar-refractivity contribution in [2.24, 2.45) is 23.3 Å². The van der Waals surface area contributed by atoms with Gasteiger partial charge in [0.15, 0.2) is 0 Å². The largest absolute Gasteiger partial charge is 0.394 e. The van der Waals surface area contributed by atoms with Gasteiger partial charge in [0.1, 0.15) is 54.4 Å². The van der Waals surface area contributed by atoms with Gasteiger partial charge in [0.25, 0.3) is 0 Å². The molecule has 0 bridgehead atoms. The lowest BCUT2D eigenvalue weighted by Crippen LogP contribution is -2.60. The number of hydrogen-bond donors (Lipinski definition) is 11. The third kappa shape index (κ3) is 15.9. The summed E-state index contributed by atoms with van der Waals surface area (Å²) in [4.78, 5) is 152. The number of aliphatic hydroxyl groups is 1. The van der Waals surface area contributed by atoms with Crippen LogP contribution in [0.2, 0.25) is 0 Å². The van der Waals surface area contributed by atoms with Crippen LogP contribution >= 0.6 is 0 Å². The number of unbranched alkanes of at least 4 members (excludes halogenated alkanes) is 1. The number of aromatic nitrogens is 3. The minimum absolute atomic E-state index is 0.0231. The summed E-state index contributed by atoms with van der Waals surface area (Å²) in [5.74, 6) is -6.51. The summed E-state index contributed by atoms with van der Waals surface area (Å²) in [5.41, 5.74) is 13.6. The maximum absolute atomic E-state index is 14.6. The number of hydrogen-bond acceptors (Lipinski definition) is 13. The normalized spacial score (nSPS) is 19.6. The summed E-state index contributed by atoms with van der Waals surface area (Å²) in [5, 5.41) is 27.5. The Hall–Kier alpha value is -7.41. The molecular formula is C54H80N14O11. The molecule has 0 saturated carbocycles. The molecule has 13 N–H and O–H groups in total. The average Bonchev–Trinajstić information content (AvgIpc) is 4.38. The van der Waals surface area contributed by atoms with Crippen molar-refractivity contribution >= 4 is 70.0 Å². The summed E-state index contributed by atoms with van der Waals surface area (Å²) in [7, 11) is 0. The summed E-state index contributed by atoms with van der Waals surface area (Å²) in [6.45, 7) is 8.69. The van der Waals surface area contributed by atoms with E-state index < -0.39 is 120 Å². The molecule has 0 aliphatic carbocycles. The van der Waals surface area contributed by atoms with E-state index >= 15 is 0 Å². The van der Waals surface area contributed by atoms with Gasteiger partial charge in [0.2, 0.25) is 59.1 Å². The van der Waals surface area contributed by atoms with Crippen molar-refractivity contribution in [3.63, 3.8) is 0 Å². The van der Waals surface area contributed by atoms with E-state index in [1.807, 2.05) is 38.1 Å². The molecule has 432 valence electrons. The molecule has 3 saturated heterocycles. The second-order valence-electron chi connectivity index (χ2n) is 21.6. The zero-order valence-electron chi connectivity index (χ0n) is 45.9. The maximum atomic E-state index is 14.6. The van der Waals surface area contributed by atoms with E-state index in [-0.39, 0.29) is 70.0 Å². The smallest absolute Gasteiger partial charge is 0.246 e. The molecule has 1 aromatic carbocycles. The number of nitrogens with zero attached hydrogens (tertiary/aromatic N) is 4. The topological polar surface area (TPSA) is 369 Å². The van der Waals surface area contributed by atoms with E-state index in [9.17, 15) is 53.1 Å². The first kappa shape index (κ1) is 60.8. The number of nitrogens with two attached hydrogens (primary N) is 2. The molecule has 5 heterocycles. The fraction of sp³-hybridized carbons (Fsp3) is 0.611. The van der Waals surface area contributed by atoms with Crippen molar-refractivity contribution in [1.82, 2.24) is 61.6 Å². The predicted octanol–water partition coefficient (Wildman–Crippen LogP) is -1.11. The Morgan fingerprint density at radius 1 is 0.684 bits per heavy atom. The quantitative estimate of drug-likeness (QED) is 0.0404. The van der Waals surface area contributed by atoms with Crippen molar-refractivity contribution < 1.29 is 53.1 Å². The summed E-state index contributed by atoms with van der Waals surface area (Å²) in [6, 6.07) is -2.72. The highest BCUT2D eigenvalue weighted by Gasteiger charge is 2.46. The standard InChI is InChI=1S/C54H80N14O11/c1-30(2)23-40(64-51(76)45(31(3)4)60-32(5)70)53(78)66-20-10-16-42(66)49(74)61-37(15-8-9-19-55)52(77)68-22-12-18-44(68)54(79)67-21-11-17-43(67)50(75)65-41(28-69)48(73)63-39(25-34-27-57-29-59-34)47(72)62-38(46(56)71)24-33-26-58-36-14-7-6-13-35(33)36/h6-7,13-14,26-27,29-31,37-45,58,69H,8-12,15-25,28,55H2,1-5H3,(H2,56,71)(H,57,59)(H,60,70)(H,61,74)(H,62,72)(H,63,73)(H,64,76)(H,65,75)/t37-,38-,39-,40-,41-,42-,43-,44-,45-/m0/s1. The van der Waals surface area contributed by atoms with Crippen LogP contribution in [0.3, 0.4) is 0 Å². The molecule has 3 aromatic rings. The number of aliphatic hydroxyl groups excluding tert-OH is 1. The van der Waals surface area contributed by atoms with Crippen molar-refractivity contribution in [2.75, 3.05) is 32.8 Å². The molecule has 3 aliphatic rings. The SMILES string of the molecule is CC(=O)N[C@H](C(=O)N[C@@H](CC(C)C)C(=O)N1CCC[C@H]1C(=O)N[C@@H](CCCCN)C(=O)N1CCC[C@H]1C(=O)N1CCC[C@H]1C(=O)N[C@@H](CO)C(=O)N[C@@H](Cc1cnc[nH]1)C(=O)N[C@@H](Cc1c[nH]c2ccccc12)C(N)=O)C(C)C. The lowest BCUT2D eigenvalue weighted by Gasteiger charge is -2.34. The number of primary amides is 1. The van der Waals surface area contributed by atoms with E-state index in [1.165, 1.54) is 34.1 Å². The molecule has 3 fully saturated rings. The minimum Gasteiger partial charge on any atom is -0.394 e. The first-order chi connectivity index (χ1) is 37.7. The van der Waals surface area contributed by atoms with Crippen LogP contribution in [0.4, 0.5) is 0 Å². The van der Waals surface area contributed by atoms with Gasteiger partial charge in [-0.2, -0.15) is 0 Å². The zero-order chi connectivity index (χ0) is 57.5. The van der Waals surface area contributed by atoms with Gasteiger partial charge in [-0.05, 0) is 94.2 Å². The number of aromatic amines is 2. The third-order valence-corrected chi connectivity index (χ3v) is 14.9. The van der Waals surface area contributed by atoms with Gasteiger partial charge in [-0.1, -0.05) is 45.9 Å². The van der Waals surface area contributed by atoms with Gasteiger partial charge >= 0.3 is 0 Å². The van der Waals surface area contributed by atoms with Gasteiger partial charge < -0.3 is 73.1 Å². The maximum Gasteiger partial charge on any atom is 0.246 e. The number of carbonyl (C=O) groups excluding carboxylic acids is 10. The Kier molecular flexibility index (Phi) is 21.9. The van der Waals surface area contributed by atoms with E-state index in [2.05, 4.69) is 46.9 Å². The van der Waals surface area contributed by atoms with E-state index in [4.69, 9.17) is 11.5 Å². The molecule has 9 atom stereocenters. The number of fused-ring (bicyclic) bond motifs is 1. The molecule has 0 unspecified atom stereocenters. The van der Waals surface area contributed by atoms with Crippen LogP contribution in [-0.4, -0.2) is 181 Å². The number of likely N-dealkylation sites (tertiary alicyclic amines) is 3. The summed E-state index contributed by atoms with van der Waals surface area (Å²) in [6.07, 6.45) is 8.05. The fourth-order valence-electron chi connectivity index (χ4n) is 10.8. The number of carbonyl (C=O) groups is 10. The highest BCUT2D eigenvalue weighted by Crippen LogP contribution is 2.28. The molecule has 25 nitrogen and oxygen atoms in total. The first-order valence-corrected chi connectivity index (χ1v) is 27.6. The molecule has 0 radical (unpaired) electrons. The van der Waals surface area contributed by atoms with Crippen LogP contribution in [-0.2, 0) is 60.8 Å². The highest BCUT2D eigenvalue weighted by molar-refractivity contribution is 5.99. The number of amides is 10. The number of benzene rings is 1. The van der Waals surface area contributed by atoms with E-state index in [0.717, 1.165) is 16.5 Å². The van der Waals surface area contributed by atoms with E-state index in [1.54, 1.807) is 20.0 Å². The highest BCUT2D eigenvalue weighted by atomic mass is 16.3. The van der Waals surface area contributed by atoms with Crippen molar-refractivity contribution in [3.8, 4) is 0 Å². The van der Waals surface area contributed by atoms with Gasteiger partial charge in [-0.25, -0.2) is 4.98 Å². The Balaban J connectivity index is 1.11. The number of nitrogens with one attached hydrogen (secondary N) is 8. The molecule has 10 amide bonds. The minimum atomic E-state index is -1.58. The van der Waals surface area contributed by atoms with Gasteiger partial charge in [-0.15, -0.1) is 0 Å². The molecular weight excluding hydrogens is 1020 g/mol. The zero-order valence-corrected chi connectivity index (χ0v) is 45.9. The number of imidazole rings is 1. The molecule has 3 aliphatic heterocycles. The molecule has 6 rings (SSSR count). The second-order valence-corrected chi connectivity index (χ2v) is 21.6. The third-order valence-electron chi connectivity index (χ3n) is 14.9. The fourth-order valence-corrected chi connectivity index (χ4v) is 10.8. The average molecular weight is 1100 g/mol. The van der Waals surface area contributed by atoms with Crippen LogP contribution in [0.1, 0.15) is 110 Å². The van der Waals surface area contributed by atoms with Crippen molar-refractivity contribution in [1.29, 1.82) is 0 Å². The molecule has 79 heavy (non-hydrogen) atoms. The van der Waals surface area contributed by atoms with Crippen LogP contribution in [0.5, 0.6) is 0 Å². The van der Waals surface area contributed by atoms with Crippen LogP contribution in [0.15, 0.2) is 43.0 Å². The van der Waals surface area contributed by atoms with Crippen molar-refractivity contribution in [3.05, 3.63) is 54.2 Å². The van der Waals surface area contributed by atoms with Crippen molar-refractivity contribution in [2.45, 2.75) is 166 Å². The van der Waals surface area contributed by atoms with E-state index in [0.29, 0.717) is 50.8 Å².